The van der Waals surface area contributed by atoms with E-state index in [1.54, 1.807) is 5.70 Å². The van der Waals surface area contributed by atoms with E-state index in [0.717, 1.165) is 13.8 Å². The molecule has 0 radical (unpaired) electrons. The number of halogens is 9. The van der Waals surface area contributed by atoms with Crippen molar-refractivity contribution in [1.29, 1.82) is 0 Å². The predicted octanol–water partition coefficient (Wildman–Crippen LogP) is 7.07. The molecule has 62 heavy (non-hydrogen) atoms. The molecule has 1 rings (SSSR count). The summed E-state index contributed by atoms with van der Waals surface area (Å²) in [6.07, 6.45) is -11.8. The van der Waals surface area contributed by atoms with Crippen LogP contribution in [0, 0.1) is 0 Å². The lowest BCUT2D eigenvalue weighted by Gasteiger charge is -2.41. The van der Waals surface area contributed by atoms with Crippen LogP contribution < -0.4 is 0 Å². The van der Waals surface area contributed by atoms with Crippen molar-refractivity contribution in [1.82, 2.24) is 0 Å². The number of hydrogen-bond donors (Lipinski definition) is 6. The third-order valence-corrected chi connectivity index (χ3v) is 22.7. The molecule has 13 nitrogen and oxygen atoms in total. The fourth-order valence-corrected chi connectivity index (χ4v) is 19.3. The third-order valence-electron chi connectivity index (χ3n) is 7.10. The molecule has 0 fully saturated rings. The van der Waals surface area contributed by atoms with Crippen LogP contribution in [0.15, 0.2) is 35.3 Å². The first kappa shape index (κ1) is 68.2. The Kier molecular flexibility index (Phi) is 27.0. The van der Waals surface area contributed by atoms with Crippen molar-refractivity contribution in [3.63, 3.8) is 0 Å². The highest BCUT2D eigenvalue weighted by molar-refractivity contribution is 6.92. The molecule has 374 valence electrons. The van der Waals surface area contributed by atoms with Crippen LogP contribution in [0.3, 0.4) is 0 Å². The van der Waals surface area contributed by atoms with Crippen molar-refractivity contribution in [3.05, 3.63) is 35.3 Å². The average molecular weight is 1050 g/mol. The summed E-state index contributed by atoms with van der Waals surface area (Å²) in [5.74, 6) is 0. The fraction of sp³-hybridized carbons (Fsp3) is 0.818. The van der Waals surface area contributed by atoms with Gasteiger partial charge in [0.05, 0.1) is 8.07 Å². The monoisotopic (exact) mass is 1040 g/mol. The molecule has 8 N–H and O–H groups in total. The zero-order valence-electron chi connectivity index (χ0n) is 38.8. The van der Waals surface area contributed by atoms with Gasteiger partial charge in [-0.25, -0.2) is 0 Å². The lowest BCUT2D eigenvalue weighted by atomic mass is 10.0. The Morgan fingerprint density at radius 1 is 0.661 bits per heavy atom. The normalized spacial score (nSPS) is 20.1. The van der Waals surface area contributed by atoms with Crippen molar-refractivity contribution < 1.29 is 100 Å². The van der Waals surface area contributed by atoms with Gasteiger partial charge in [0, 0.05) is 39.7 Å². The minimum atomic E-state index is -4.80. The van der Waals surface area contributed by atoms with Gasteiger partial charge in [-0.2, -0.15) is 39.5 Å². The third kappa shape index (κ3) is 29.3. The molecule has 0 aromatic heterocycles. The standard InChI is InChI=1S/C15H35F3O4Si4.C8H13F3O3Si.C6H11F3O4Si.C4H12OSi.H2O/c1-14(19,15(16,17)18)12-11-13-26(20-23(2,3)4,21-24(5,6)7)22-25(8,9)10;1-7(8(9,10)11)5-4-6-15(12-2,13-3)14-7;1-5(10,6(7,8)9)3-2-4-14(11,12)13;1-6(2,3)4-5;/h11,13,19H,12H2,1-10H3;4,6H,5H2,1-3H3;2,4,10-13H,3H2,1H3;5H,4H2,1-3H3;1H2/b13-11-;;4-2-;;. The number of aliphatic hydroxyl groups excluding tert-OH is 1. The number of alkyl halides is 9. The van der Waals surface area contributed by atoms with E-state index in [-0.39, 0.29) is 11.9 Å². The van der Waals surface area contributed by atoms with Crippen molar-refractivity contribution in [2.45, 2.75) is 154 Å². The molecular weight excluding hydrogens is 972 g/mol. The molecule has 0 aromatic rings. The molecule has 0 bridgehead atoms. The summed E-state index contributed by atoms with van der Waals surface area (Å²) in [6.45, 7) is 26.7. The van der Waals surface area contributed by atoms with E-state index in [9.17, 15) is 44.6 Å². The second kappa shape index (κ2) is 24.6. The molecule has 0 aliphatic carbocycles. The van der Waals surface area contributed by atoms with Gasteiger partial charge in [-0.05, 0) is 96.8 Å². The molecule has 1 aliphatic heterocycles. The maximum absolute atomic E-state index is 12.9. The summed E-state index contributed by atoms with van der Waals surface area (Å²) in [6, 6.07) is 0. The molecule has 3 unspecified atom stereocenters. The predicted molar refractivity (Wildman–Crippen MR) is 235 cm³/mol. The van der Waals surface area contributed by atoms with Crippen molar-refractivity contribution in [3.8, 4) is 0 Å². The Bertz CT molecular complexity index is 1340. The Morgan fingerprint density at radius 2 is 0.968 bits per heavy atom. The summed E-state index contributed by atoms with van der Waals surface area (Å²) >= 11 is 0. The highest BCUT2D eigenvalue weighted by Gasteiger charge is 2.59. The zero-order chi connectivity index (χ0) is 49.8. The maximum atomic E-state index is 12.9. The van der Waals surface area contributed by atoms with Crippen molar-refractivity contribution in [2.24, 2.45) is 0 Å². The molecular formula is C33H73F9O13Si7. The molecule has 0 saturated carbocycles. The van der Waals surface area contributed by atoms with Crippen LogP contribution in [0.4, 0.5) is 39.5 Å². The van der Waals surface area contributed by atoms with Gasteiger partial charge in [0.2, 0.25) is 0 Å². The van der Waals surface area contributed by atoms with Gasteiger partial charge in [-0.3, -0.25) is 0 Å². The summed E-state index contributed by atoms with van der Waals surface area (Å²) in [7, 11) is -15.9. The molecule has 3 atom stereocenters. The molecule has 29 heteroatoms. The fourth-order valence-electron chi connectivity index (χ4n) is 3.85. The second-order valence-electron chi connectivity index (χ2n) is 18.9. The van der Waals surface area contributed by atoms with Crippen LogP contribution in [0.25, 0.3) is 0 Å². The summed E-state index contributed by atoms with van der Waals surface area (Å²) in [5.41, 5.74) is -4.50. The van der Waals surface area contributed by atoms with Gasteiger partial charge in [-0.15, -0.1) is 0 Å². The highest BCUT2D eigenvalue weighted by Crippen LogP contribution is 2.41. The average Bonchev–Trinajstić information content (AvgIpc) is 2.96. The van der Waals surface area contributed by atoms with Gasteiger partial charge >= 0.3 is 44.9 Å². The first-order valence-electron chi connectivity index (χ1n) is 18.7. The van der Waals surface area contributed by atoms with Gasteiger partial charge in [0.25, 0.3) is 0 Å². The number of rotatable bonds is 15. The molecule has 0 spiro atoms. The van der Waals surface area contributed by atoms with Crippen LogP contribution in [-0.2, 0) is 25.6 Å². The SMILES string of the molecule is CC(O)(C/C=C\[Si](O)(O)O)C(F)(F)F.CC(O)(C/C=C\[Si](O[Si](C)(C)C)(O[Si](C)(C)C)O[Si](C)(C)C)C(F)(F)F.CO[Si]1(OC)C=CCC(C)(C(F)(F)F)O1.C[Si](C)(C)CO.O. The number of hydrogen-bond acceptors (Lipinski definition) is 12. The maximum Gasteiger partial charge on any atom is 0.529 e. The minimum Gasteiger partial charge on any atom is -0.414 e. The van der Waals surface area contributed by atoms with E-state index in [2.05, 4.69) is 19.6 Å². The van der Waals surface area contributed by atoms with Gasteiger partial charge in [-0.1, -0.05) is 37.9 Å². The van der Waals surface area contributed by atoms with Crippen LogP contribution >= 0.6 is 0 Å². The smallest absolute Gasteiger partial charge is 0.414 e. The molecule has 0 saturated heterocycles. The minimum absolute atomic E-state index is 0. The summed E-state index contributed by atoms with van der Waals surface area (Å²) in [4.78, 5) is 25.3. The summed E-state index contributed by atoms with van der Waals surface area (Å²) < 4.78 is 147. The van der Waals surface area contributed by atoms with Crippen LogP contribution in [-0.4, -0.2) is 150 Å². The van der Waals surface area contributed by atoms with Gasteiger partial charge < -0.3 is 60.8 Å². The quantitative estimate of drug-likeness (QED) is 0.0720. The van der Waals surface area contributed by atoms with Crippen LogP contribution in [0.1, 0.15) is 40.0 Å². The van der Waals surface area contributed by atoms with E-state index in [1.165, 1.54) is 32.1 Å². The van der Waals surface area contributed by atoms with E-state index in [1.807, 2.05) is 58.9 Å². The Labute approximate surface area is 368 Å². The van der Waals surface area contributed by atoms with Crippen LogP contribution in [0.2, 0.25) is 78.6 Å². The van der Waals surface area contributed by atoms with Crippen LogP contribution in [0.5, 0.6) is 0 Å². The zero-order valence-corrected chi connectivity index (χ0v) is 45.8. The largest absolute Gasteiger partial charge is 0.529 e. The summed E-state index contributed by atoms with van der Waals surface area (Å²) in [5, 5.41) is 27.0. The highest BCUT2D eigenvalue weighted by atomic mass is 28.5. The Balaban J connectivity index is -0.000000398. The van der Waals surface area contributed by atoms with E-state index < -0.39 is 108 Å². The first-order valence-corrected chi connectivity index (χ1v) is 38.2. The Morgan fingerprint density at radius 3 is 1.19 bits per heavy atom. The van der Waals surface area contributed by atoms with Crippen molar-refractivity contribution >= 4 is 59.4 Å². The molecule has 1 heterocycles. The first-order chi connectivity index (χ1) is 26.4. The molecule has 0 aromatic carbocycles. The van der Waals surface area contributed by atoms with E-state index >= 15 is 0 Å². The molecule has 0 amide bonds. The van der Waals surface area contributed by atoms with E-state index in [4.69, 9.17) is 50.2 Å². The number of aliphatic hydroxyl groups is 3. The van der Waals surface area contributed by atoms with Gasteiger partial charge in [0.1, 0.15) is 0 Å². The lowest BCUT2D eigenvalue weighted by molar-refractivity contribution is -0.253. The lowest BCUT2D eigenvalue weighted by Crippen LogP contribution is -2.59. The van der Waals surface area contributed by atoms with Gasteiger partial charge in [0.15, 0.2) is 41.8 Å². The topological polar surface area (TPSA) is 208 Å². The van der Waals surface area contributed by atoms with Crippen molar-refractivity contribution in [2.75, 3.05) is 20.4 Å². The second-order valence-corrected chi connectivity index (χ2v) is 45.2. The van der Waals surface area contributed by atoms with E-state index in [0.29, 0.717) is 24.9 Å². The Hall–Kier alpha value is -0.412. The molecule has 1 aliphatic rings.